The van der Waals surface area contributed by atoms with Gasteiger partial charge in [-0.05, 0) is 44.9 Å². The van der Waals surface area contributed by atoms with E-state index in [1.54, 1.807) is 0 Å². The molecule has 5 heteroatoms. The van der Waals surface area contributed by atoms with E-state index in [0.717, 1.165) is 32.1 Å². The van der Waals surface area contributed by atoms with Gasteiger partial charge >= 0.3 is 0 Å². The van der Waals surface area contributed by atoms with Gasteiger partial charge in [-0.3, -0.25) is 14.4 Å². The summed E-state index contributed by atoms with van der Waals surface area (Å²) in [5.74, 6) is -0.131. The van der Waals surface area contributed by atoms with Gasteiger partial charge in [0.2, 0.25) is 11.8 Å². The summed E-state index contributed by atoms with van der Waals surface area (Å²) < 4.78 is 0. The molecule has 0 aromatic rings. The number of hydrogen-bond acceptors (Lipinski definition) is 3. The van der Waals surface area contributed by atoms with Gasteiger partial charge in [0.05, 0.1) is 6.42 Å². The average Bonchev–Trinajstić information content (AvgIpc) is 3.14. The lowest BCUT2D eigenvalue weighted by Crippen LogP contribution is -2.32. The number of allylic oxidation sites excluding steroid dienone is 8. The fourth-order valence-corrected chi connectivity index (χ4v) is 2.81. The number of hydroxylamine groups is 1. The molecule has 5 nitrogen and oxygen atoms in total. The highest BCUT2D eigenvalue weighted by atomic mass is 16.7. The maximum absolute atomic E-state index is 11.7. The first-order valence-corrected chi connectivity index (χ1v) is 11.0. The molecular weight excluding hydrogens is 364 g/mol. The van der Waals surface area contributed by atoms with Gasteiger partial charge < -0.3 is 5.32 Å². The molecule has 0 saturated carbocycles. The molecule has 1 atom stereocenters. The van der Waals surface area contributed by atoms with Crippen LogP contribution in [0.4, 0.5) is 0 Å². The minimum atomic E-state index is -0.250. The van der Waals surface area contributed by atoms with Gasteiger partial charge in [-0.15, -0.1) is 0 Å². The molecule has 1 rings (SSSR count). The van der Waals surface area contributed by atoms with Gasteiger partial charge in [0.15, 0.2) is 0 Å². The van der Waals surface area contributed by atoms with Crippen molar-refractivity contribution in [2.24, 2.45) is 0 Å². The number of rotatable bonds is 16. The van der Waals surface area contributed by atoms with Crippen molar-refractivity contribution in [3.63, 3.8) is 0 Å². The van der Waals surface area contributed by atoms with Crippen LogP contribution in [0.5, 0.6) is 0 Å². The molecule has 1 unspecified atom stereocenters. The van der Waals surface area contributed by atoms with Crippen LogP contribution in [0.1, 0.15) is 77.6 Å². The zero-order chi connectivity index (χ0) is 21.0. The summed E-state index contributed by atoms with van der Waals surface area (Å²) in [4.78, 5) is 27.7. The summed E-state index contributed by atoms with van der Waals surface area (Å²) in [6, 6.07) is 0. The maximum atomic E-state index is 11.7. The van der Waals surface area contributed by atoms with Gasteiger partial charge in [-0.2, -0.15) is 0 Å². The van der Waals surface area contributed by atoms with Crippen LogP contribution in [-0.2, 0) is 14.4 Å². The minimum Gasteiger partial charge on any atom is -0.353 e. The molecule has 0 aromatic heterocycles. The first-order chi connectivity index (χ1) is 14.2. The van der Waals surface area contributed by atoms with Crippen LogP contribution in [-0.4, -0.2) is 24.5 Å². The van der Waals surface area contributed by atoms with E-state index < -0.39 is 0 Å². The SMILES string of the molecule is CCCCCC=CCC=CCC=CCC=CCCCC(=O)NCC1CC(=O)NO1. The monoisotopic (exact) mass is 402 g/mol. The third-order valence-electron chi connectivity index (χ3n) is 4.51. The number of hydrogen-bond donors (Lipinski definition) is 2. The first-order valence-electron chi connectivity index (χ1n) is 11.0. The molecule has 0 radical (unpaired) electrons. The van der Waals surface area contributed by atoms with Gasteiger partial charge in [-0.1, -0.05) is 68.4 Å². The maximum Gasteiger partial charge on any atom is 0.246 e. The van der Waals surface area contributed by atoms with Crippen LogP contribution in [0, 0.1) is 0 Å². The van der Waals surface area contributed by atoms with Crippen molar-refractivity contribution in [2.75, 3.05) is 6.54 Å². The number of carbonyl (C=O) groups excluding carboxylic acids is 2. The van der Waals surface area contributed by atoms with Crippen LogP contribution in [0.25, 0.3) is 0 Å². The fourth-order valence-electron chi connectivity index (χ4n) is 2.81. The van der Waals surface area contributed by atoms with Gasteiger partial charge in [-0.25, -0.2) is 5.48 Å². The zero-order valence-electron chi connectivity index (χ0n) is 17.9. The molecule has 29 heavy (non-hydrogen) atoms. The van der Waals surface area contributed by atoms with E-state index in [4.69, 9.17) is 4.84 Å². The van der Waals surface area contributed by atoms with E-state index in [1.807, 2.05) is 0 Å². The lowest BCUT2D eigenvalue weighted by atomic mass is 10.2. The summed E-state index contributed by atoms with van der Waals surface area (Å²) >= 11 is 0. The molecule has 1 fully saturated rings. The largest absolute Gasteiger partial charge is 0.353 e. The van der Waals surface area contributed by atoms with Crippen molar-refractivity contribution >= 4 is 11.8 Å². The van der Waals surface area contributed by atoms with Crippen molar-refractivity contribution in [3.05, 3.63) is 48.6 Å². The Morgan fingerprint density at radius 2 is 1.55 bits per heavy atom. The standard InChI is InChI=1S/C24H38N2O3/c1-2-3-4-5-6-7-8-9-10-11-12-13-14-15-16-17-18-19-23(27)25-21-22-20-24(28)26-29-22/h6-7,9-10,12-13,15-16,22H,2-5,8,11,14,17-21H2,1H3,(H,25,27)(H,26,28). The van der Waals surface area contributed by atoms with Crippen molar-refractivity contribution in [1.29, 1.82) is 0 Å². The lowest BCUT2D eigenvalue weighted by molar-refractivity contribution is -0.124. The number of unbranched alkanes of at least 4 members (excludes halogenated alkanes) is 4. The Bertz CT molecular complexity index is 564. The Balaban J connectivity index is 1.90. The van der Waals surface area contributed by atoms with Crippen molar-refractivity contribution in [1.82, 2.24) is 10.8 Å². The van der Waals surface area contributed by atoms with Gasteiger partial charge in [0, 0.05) is 13.0 Å². The summed E-state index contributed by atoms with van der Waals surface area (Å²) in [6.07, 6.45) is 27.9. The van der Waals surface area contributed by atoms with Crippen molar-refractivity contribution in [2.45, 2.75) is 83.7 Å². The molecule has 0 aromatic carbocycles. The van der Waals surface area contributed by atoms with E-state index >= 15 is 0 Å². The van der Waals surface area contributed by atoms with E-state index in [-0.39, 0.29) is 17.9 Å². The molecule has 1 aliphatic heterocycles. The van der Waals surface area contributed by atoms with Crippen LogP contribution in [0.3, 0.4) is 0 Å². The van der Waals surface area contributed by atoms with Crippen LogP contribution in [0.15, 0.2) is 48.6 Å². The average molecular weight is 403 g/mol. The molecule has 162 valence electrons. The second kappa shape index (κ2) is 17.9. The predicted octanol–water partition coefficient (Wildman–Crippen LogP) is 5.07. The highest BCUT2D eigenvalue weighted by Gasteiger charge is 2.22. The Kier molecular flexibility index (Phi) is 15.4. The van der Waals surface area contributed by atoms with E-state index in [2.05, 4.69) is 66.3 Å². The van der Waals surface area contributed by atoms with E-state index in [0.29, 0.717) is 19.4 Å². The summed E-state index contributed by atoms with van der Waals surface area (Å²) in [7, 11) is 0. The third kappa shape index (κ3) is 15.5. The molecule has 2 amide bonds. The highest BCUT2D eigenvalue weighted by Crippen LogP contribution is 2.04. The lowest BCUT2D eigenvalue weighted by Gasteiger charge is -2.08. The van der Waals surface area contributed by atoms with Crippen molar-refractivity contribution < 1.29 is 14.4 Å². The summed E-state index contributed by atoms with van der Waals surface area (Å²) in [5, 5.41) is 2.80. The topological polar surface area (TPSA) is 67.4 Å². The summed E-state index contributed by atoms with van der Waals surface area (Å²) in [6.45, 7) is 2.61. The molecule has 0 spiro atoms. The molecule has 1 aliphatic rings. The van der Waals surface area contributed by atoms with E-state index in [9.17, 15) is 9.59 Å². The zero-order valence-corrected chi connectivity index (χ0v) is 17.9. The molecule has 1 heterocycles. The number of amides is 2. The van der Waals surface area contributed by atoms with Crippen LogP contribution < -0.4 is 10.8 Å². The van der Waals surface area contributed by atoms with Gasteiger partial charge in [0.1, 0.15) is 6.10 Å². The van der Waals surface area contributed by atoms with Crippen LogP contribution >= 0.6 is 0 Å². The predicted molar refractivity (Wildman–Crippen MR) is 119 cm³/mol. The quantitative estimate of drug-likeness (QED) is 0.280. The minimum absolute atomic E-state index is 0.00355. The summed E-state index contributed by atoms with van der Waals surface area (Å²) in [5.41, 5.74) is 2.29. The third-order valence-corrected chi connectivity index (χ3v) is 4.51. The molecule has 0 aliphatic carbocycles. The second-order valence-electron chi connectivity index (χ2n) is 7.25. The first kappa shape index (κ1) is 24.9. The fraction of sp³-hybridized carbons (Fsp3) is 0.583. The Hall–Kier alpha value is -2.14. The highest BCUT2D eigenvalue weighted by molar-refractivity contribution is 5.78. The molecule has 1 saturated heterocycles. The smallest absolute Gasteiger partial charge is 0.246 e. The van der Waals surface area contributed by atoms with Crippen molar-refractivity contribution in [3.8, 4) is 0 Å². The normalized spacial score (nSPS) is 17.3. The Labute approximate surface area is 176 Å². The Morgan fingerprint density at radius 3 is 2.10 bits per heavy atom. The molecule has 0 bridgehead atoms. The molecule has 2 N–H and O–H groups in total. The van der Waals surface area contributed by atoms with Crippen LogP contribution in [0.2, 0.25) is 0 Å². The number of nitrogens with one attached hydrogen (secondary N) is 2. The van der Waals surface area contributed by atoms with E-state index in [1.165, 1.54) is 25.7 Å². The van der Waals surface area contributed by atoms with Gasteiger partial charge in [0.25, 0.3) is 0 Å². The molecular formula is C24H38N2O3. The Morgan fingerprint density at radius 1 is 0.966 bits per heavy atom. The second-order valence-corrected chi connectivity index (χ2v) is 7.25. The number of carbonyl (C=O) groups is 2.